The Labute approximate surface area is 118 Å². The van der Waals surface area contributed by atoms with Crippen molar-refractivity contribution < 1.29 is 4.79 Å². The Morgan fingerprint density at radius 2 is 2.11 bits per heavy atom. The summed E-state index contributed by atoms with van der Waals surface area (Å²) in [5, 5.41) is 4.85. The van der Waals surface area contributed by atoms with Gasteiger partial charge < -0.3 is 5.32 Å². The zero-order chi connectivity index (χ0) is 12.8. The van der Waals surface area contributed by atoms with Crippen LogP contribution in [0.1, 0.15) is 10.4 Å². The molecular formula is C14H12BrNOS. The first-order valence-corrected chi connectivity index (χ1v) is 7.15. The third-order valence-corrected chi connectivity index (χ3v) is 3.98. The first-order chi connectivity index (χ1) is 8.74. The Balaban J connectivity index is 1.84. The number of nitrogens with one attached hydrogen (secondary N) is 1. The van der Waals surface area contributed by atoms with Gasteiger partial charge in [0.1, 0.15) is 0 Å². The number of hydrogen-bond donors (Lipinski definition) is 1. The minimum absolute atomic E-state index is 0.0802. The van der Waals surface area contributed by atoms with Gasteiger partial charge in [0.2, 0.25) is 5.91 Å². The Kier molecular flexibility index (Phi) is 4.73. The fourth-order valence-corrected chi connectivity index (χ4v) is 2.81. The Morgan fingerprint density at radius 1 is 1.33 bits per heavy atom. The van der Waals surface area contributed by atoms with Gasteiger partial charge in [0, 0.05) is 20.8 Å². The van der Waals surface area contributed by atoms with Gasteiger partial charge in [-0.15, -0.1) is 11.3 Å². The maximum Gasteiger partial charge on any atom is 0.244 e. The van der Waals surface area contributed by atoms with Gasteiger partial charge in [-0.05, 0) is 33.6 Å². The lowest BCUT2D eigenvalue weighted by Gasteiger charge is -1.98. The van der Waals surface area contributed by atoms with Gasteiger partial charge in [0.05, 0.1) is 6.54 Å². The van der Waals surface area contributed by atoms with Crippen molar-refractivity contribution in [2.45, 2.75) is 6.54 Å². The lowest BCUT2D eigenvalue weighted by Crippen LogP contribution is -2.19. The van der Waals surface area contributed by atoms with Crippen molar-refractivity contribution in [3.63, 3.8) is 0 Å². The third kappa shape index (κ3) is 4.13. The summed E-state index contributed by atoms with van der Waals surface area (Å²) in [6.07, 6.45) is 3.36. The average Bonchev–Trinajstić information content (AvgIpc) is 2.81. The first kappa shape index (κ1) is 13.1. The number of halogens is 1. The minimum atomic E-state index is -0.0802. The molecule has 4 heteroatoms. The van der Waals surface area contributed by atoms with Gasteiger partial charge in [-0.25, -0.2) is 0 Å². The fourth-order valence-electron chi connectivity index (χ4n) is 1.42. The molecule has 1 aromatic carbocycles. The lowest BCUT2D eigenvalue weighted by atomic mass is 10.2. The summed E-state index contributed by atoms with van der Waals surface area (Å²) in [7, 11) is 0. The van der Waals surface area contributed by atoms with Crippen LogP contribution in [0.5, 0.6) is 0 Å². The van der Waals surface area contributed by atoms with E-state index in [0.29, 0.717) is 6.54 Å². The summed E-state index contributed by atoms with van der Waals surface area (Å²) in [5.41, 5.74) is 1.02. The van der Waals surface area contributed by atoms with Crippen molar-refractivity contribution in [1.82, 2.24) is 5.32 Å². The molecule has 1 amide bonds. The van der Waals surface area contributed by atoms with E-state index in [9.17, 15) is 4.79 Å². The van der Waals surface area contributed by atoms with E-state index in [-0.39, 0.29) is 5.91 Å². The molecule has 0 spiro atoms. The maximum atomic E-state index is 11.6. The van der Waals surface area contributed by atoms with E-state index < -0.39 is 0 Å². The highest BCUT2D eigenvalue weighted by molar-refractivity contribution is 9.10. The highest BCUT2D eigenvalue weighted by Crippen LogP contribution is 2.19. The molecule has 0 fully saturated rings. The number of rotatable bonds is 4. The van der Waals surface area contributed by atoms with Crippen LogP contribution in [0.15, 0.2) is 52.3 Å². The molecule has 1 heterocycles. The van der Waals surface area contributed by atoms with E-state index in [4.69, 9.17) is 0 Å². The first-order valence-electron chi connectivity index (χ1n) is 5.48. The summed E-state index contributed by atoms with van der Waals surface area (Å²) in [6.45, 7) is 0.564. The number of amides is 1. The average molecular weight is 322 g/mol. The molecule has 2 aromatic rings. The Bertz CT molecular complexity index is 548. The van der Waals surface area contributed by atoms with Crippen molar-refractivity contribution in [2.75, 3.05) is 0 Å². The third-order valence-electron chi connectivity index (χ3n) is 2.29. The molecule has 0 saturated carbocycles. The normalized spacial score (nSPS) is 10.7. The molecule has 1 aromatic heterocycles. The molecule has 18 heavy (non-hydrogen) atoms. The van der Waals surface area contributed by atoms with E-state index in [0.717, 1.165) is 14.9 Å². The number of carbonyl (C=O) groups is 1. The molecular weight excluding hydrogens is 310 g/mol. The zero-order valence-corrected chi connectivity index (χ0v) is 12.0. The molecule has 0 unspecified atom stereocenters. The Hall–Kier alpha value is -1.39. The predicted molar refractivity (Wildman–Crippen MR) is 79.3 cm³/mol. The molecule has 92 valence electrons. The lowest BCUT2D eigenvalue weighted by molar-refractivity contribution is -0.116. The van der Waals surface area contributed by atoms with Crippen molar-refractivity contribution in [3.05, 3.63) is 62.8 Å². The predicted octanol–water partition coefficient (Wildman–Crippen LogP) is 3.84. The molecule has 2 rings (SSSR count). The summed E-state index contributed by atoms with van der Waals surface area (Å²) in [5.74, 6) is -0.0802. The van der Waals surface area contributed by atoms with Gasteiger partial charge >= 0.3 is 0 Å². The van der Waals surface area contributed by atoms with Crippen molar-refractivity contribution in [2.24, 2.45) is 0 Å². The van der Waals surface area contributed by atoms with E-state index in [2.05, 4.69) is 21.2 Å². The van der Waals surface area contributed by atoms with Crippen molar-refractivity contribution in [1.29, 1.82) is 0 Å². The van der Waals surface area contributed by atoms with Gasteiger partial charge in [-0.1, -0.05) is 30.3 Å². The van der Waals surface area contributed by atoms with Gasteiger partial charge in [0.15, 0.2) is 0 Å². The molecule has 2 nitrogen and oxygen atoms in total. The van der Waals surface area contributed by atoms with Crippen LogP contribution in [0.2, 0.25) is 0 Å². The summed E-state index contributed by atoms with van der Waals surface area (Å²) < 4.78 is 1.05. The van der Waals surface area contributed by atoms with Gasteiger partial charge in [-0.2, -0.15) is 0 Å². The molecule has 1 N–H and O–H groups in total. The van der Waals surface area contributed by atoms with E-state index in [1.807, 2.05) is 41.8 Å². The van der Waals surface area contributed by atoms with E-state index >= 15 is 0 Å². The van der Waals surface area contributed by atoms with Gasteiger partial charge in [-0.3, -0.25) is 4.79 Å². The van der Waals surface area contributed by atoms with Crippen LogP contribution in [-0.4, -0.2) is 5.91 Å². The van der Waals surface area contributed by atoms with Crippen molar-refractivity contribution >= 4 is 39.2 Å². The van der Waals surface area contributed by atoms with E-state index in [1.165, 1.54) is 0 Å². The minimum Gasteiger partial charge on any atom is -0.348 e. The molecule has 0 aliphatic rings. The maximum absolute atomic E-state index is 11.6. The number of hydrogen-bond acceptors (Lipinski definition) is 2. The van der Waals surface area contributed by atoms with Crippen LogP contribution in [0.4, 0.5) is 0 Å². The summed E-state index contributed by atoms with van der Waals surface area (Å²) in [4.78, 5) is 12.7. The highest BCUT2D eigenvalue weighted by Gasteiger charge is 1.99. The molecule has 0 aliphatic carbocycles. The van der Waals surface area contributed by atoms with Crippen LogP contribution in [0.3, 0.4) is 0 Å². The quantitative estimate of drug-likeness (QED) is 0.852. The topological polar surface area (TPSA) is 29.1 Å². The van der Waals surface area contributed by atoms with Crippen molar-refractivity contribution in [3.8, 4) is 0 Å². The fraction of sp³-hybridized carbons (Fsp3) is 0.0714. The largest absolute Gasteiger partial charge is 0.348 e. The second-order valence-electron chi connectivity index (χ2n) is 3.69. The van der Waals surface area contributed by atoms with Crippen LogP contribution >= 0.6 is 27.3 Å². The SMILES string of the molecule is O=C(C=Cc1ccccc1)NCc1cc(Br)cs1. The molecule has 0 atom stereocenters. The van der Waals surface area contributed by atoms with Crippen LogP contribution in [-0.2, 0) is 11.3 Å². The number of benzene rings is 1. The summed E-state index contributed by atoms with van der Waals surface area (Å²) in [6, 6.07) is 11.8. The smallest absolute Gasteiger partial charge is 0.244 e. The monoisotopic (exact) mass is 321 g/mol. The standard InChI is InChI=1S/C14H12BrNOS/c15-12-8-13(18-10-12)9-16-14(17)7-6-11-4-2-1-3-5-11/h1-8,10H,9H2,(H,16,17). The van der Waals surface area contributed by atoms with Gasteiger partial charge in [0.25, 0.3) is 0 Å². The van der Waals surface area contributed by atoms with Crippen LogP contribution in [0, 0.1) is 0 Å². The molecule has 0 radical (unpaired) electrons. The second-order valence-corrected chi connectivity index (χ2v) is 5.60. The number of thiophene rings is 1. The van der Waals surface area contributed by atoms with Crippen LogP contribution in [0.25, 0.3) is 6.08 Å². The number of carbonyl (C=O) groups excluding carboxylic acids is 1. The molecule has 0 bridgehead atoms. The highest BCUT2D eigenvalue weighted by atomic mass is 79.9. The summed E-state index contributed by atoms with van der Waals surface area (Å²) >= 11 is 5.00. The molecule has 0 saturated heterocycles. The van der Waals surface area contributed by atoms with Crippen LogP contribution < -0.4 is 5.32 Å². The van der Waals surface area contributed by atoms with E-state index in [1.54, 1.807) is 23.5 Å². The zero-order valence-electron chi connectivity index (χ0n) is 9.60. The Morgan fingerprint density at radius 3 is 2.78 bits per heavy atom. The molecule has 0 aliphatic heterocycles. The second kappa shape index (κ2) is 6.52.